The zero-order valence-electron chi connectivity index (χ0n) is 8.88. The van der Waals surface area contributed by atoms with E-state index in [1.165, 1.54) is 12.3 Å². The van der Waals surface area contributed by atoms with Crippen LogP contribution in [-0.2, 0) is 0 Å². The SMILES string of the molecule is O=C(Nc1cc(F)ccc1C(=O)O)c1ccno1. The molecule has 0 spiro atoms. The van der Waals surface area contributed by atoms with E-state index in [1.54, 1.807) is 0 Å². The lowest BCUT2D eigenvalue weighted by atomic mass is 10.1. The molecule has 1 aromatic heterocycles. The van der Waals surface area contributed by atoms with Gasteiger partial charge in [-0.05, 0) is 18.2 Å². The number of halogens is 1. The van der Waals surface area contributed by atoms with Gasteiger partial charge in [0.25, 0.3) is 5.91 Å². The molecule has 0 aliphatic rings. The van der Waals surface area contributed by atoms with Crippen molar-refractivity contribution in [3.05, 3.63) is 47.6 Å². The van der Waals surface area contributed by atoms with Gasteiger partial charge in [0.2, 0.25) is 5.76 Å². The lowest BCUT2D eigenvalue weighted by Crippen LogP contribution is -2.14. The number of carbonyl (C=O) groups is 2. The summed E-state index contributed by atoms with van der Waals surface area (Å²) in [5.74, 6) is -2.74. The summed E-state index contributed by atoms with van der Waals surface area (Å²) in [6, 6.07) is 4.27. The third-order valence-corrected chi connectivity index (χ3v) is 2.12. The van der Waals surface area contributed by atoms with E-state index in [9.17, 15) is 14.0 Å². The molecule has 1 amide bonds. The zero-order valence-corrected chi connectivity index (χ0v) is 8.88. The number of nitrogens with one attached hydrogen (secondary N) is 1. The Kier molecular flexibility index (Phi) is 3.05. The van der Waals surface area contributed by atoms with Gasteiger partial charge in [0, 0.05) is 6.07 Å². The van der Waals surface area contributed by atoms with Gasteiger partial charge >= 0.3 is 5.97 Å². The third-order valence-electron chi connectivity index (χ3n) is 2.12. The summed E-state index contributed by atoms with van der Waals surface area (Å²) in [6.45, 7) is 0. The van der Waals surface area contributed by atoms with Crippen LogP contribution in [0.3, 0.4) is 0 Å². The molecular formula is C11H7FN2O4. The van der Waals surface area contributed by atoms with Gasteiger partial charge in [0.15, 0.2) is 0 Å². The highest BCUT2D eigenvalue weighted by atomic mass is 19.1. The molecule has 2 rings (SSSR count). The minimum Gasteiger partial charge on any atom is -0.478 e. The lowest BCUT2D eigenvalue weighted by Gasteiger charge is -2.06. The predicted molar refractivity (Wildman–Crippen MR) is 57.8 cm³/mol. The molecule has 0 aliphatic heterocycles. The van der Waals surface area contributed by atoms with Crippen LogP contribution in [0, 0.1) is 5.82 Å². The summed E-state index contributed by atoms with van der Waals surface area (Å²) in [4.78, 5) is 22.5. The van der Waals surface area contributed by atoms with Crippen LogP contribution in [0.5, 0.6) is 0 Å². The first-order chi connectivity index (χ1) is 8.58. The number of anilines is 1. The Morgan fingerprint density at radius 1 is 1.33 bits per heavy atom. The zero-order chi connectivity index (χ0) is 13.1. The molecular weight excluding hydrogens is 243 g/mol. The Morgan fingerprint density at radius 3 is 2.72 bits per heavy atom. The summed E-state index contributed by atoms with van der Waals surface area (Å²) >= 11 is 0. The van der Waals surface area contributed by atoms with Gasteiger partial charge in [0.1, 0.15) is 5.82 Å². The molecule has 18 heavy (non-hydrogen) atoms. The van der Waals surface area contributed by atoms with E-state index in [4.69, 9.17) is 5.11 Å². The van der Waals surface area contributed by atoms with Crippen molar-refractivity contribution in [3.8, 4) is 0 Å². The fourth-order valence-electron chi connectivity index (χ4n) is 1.32. The van der Waals surface area contributed by atoms with Gasteiger partial charge in [-0.25, -0.2) is 9.18 Å². The van der Waals surface area contributed by atoms with Crippen molar-refractivity contribution in [2.75, 3.05) is 5.32 Å². The van der Waals surface area contributed by atoms with Gasteiger partial charge < -0.3 is 14.9 Å². The number of carboxylic acids is 1. The summed E-state index contributed by atoms with van der Waals surface area (Å²) in [7, 11) is 0. The molecule has 0 bridgehead atoms. The van der Waals surface area contributed by atoms with Gasteiger partial charge in [0.05, 0.1) is 17.4 Å². The van der Waals surface area contributed by atoms with Crippen LogP contribution in [0.15, 0.2) is 35.0 Å². The normalized spacial score (nSPS) is 10.1. The largest absolute Gasteiger partial charge is 0.478 e. The second-order valence-corrected chi connectivity index (χ2v) is 3.33. The van der Waals surface area contributed by atoms with E-state index in [0.717, 1.165) is 18.2 Å². The Balaban J connectivity index is 2.31. The van der Waals surface area contributed by atoms with E-state index in [0.29, 0.717) is 0 Å². The average molecular weight is 250 g/mol. The number of rotatable bonds is 3. The molecule has 2 aromatic rings. The molecule has 0 saturated carbocycles. The van der Waals surface area contributed by atoms with Crippen LogP contribution in [0.4, 0.5) is 10.1 Å². The second-order valence-electron chi connectivity index (χ2n) is 3.33. The molecule has 0 atom stereocenters. The van der Waals surface area contributed by atoms with Gasteiger partial charge in [-0.15, -0.1) is 0 Å². The fourth-order valence-corrected chi connectivity index (χ4v) is 1.32. The van der Waals surface area contributed by atoms with Crippen molar-refractivity contribution < 1.29 is 23.6 Å². The second kappa shape index (κ2) is 4.66. The predicted octanol–water partition coefficient (Wildman–Crippen LogP) is 1.76. The van der Waals surface area contributed by atoms with E-state index in [2.05, 4.69) is 15.0 Å². The van der Waals surface area contributed by atoms with Gasteiger partial charge in [-0.3, -0.25) is 4.79 Å². The molecule has 1 aromatic carbocycles. The highest BCUT2D eigenvalue weighted by Gasteiger charge is 2.16. The molecule has 0 aliphatic carbocycles. The summed E-state index contributed by atoms with van der Waals surface area (Å²) in [5.41, 5.74) is -0.367. The lowest BCUT2D eigenvalue weighted by molar-refractivity contribution is 0.0698. The standard InChI is InChI=1S/C11H7FN2O4/c12-6-1-2-7(11(16)17)8(5-6)14-10(15)9-3-4-13-18-9/h1-5H,(H,14,15)(H,16,17). The Morgan fingerprint density at radius 2 is 2.11 bits per heavy atom. The number of aromatic carboxylic acids is 1. The van der Waals surface area contributed by atoms with Crippen LogP contribution in [0.1, 0.15) is 20.9 Å². The minimum absolute atomic E-state index is 0.101. The average Bonchev–Trinajstić information content (AvgIpc) is 2.81. The molecule has 92 valence electrons. The molecule has 0 fully saturated rings. The van der Waals surface area contributed by atoms with Crippen LogP contribution < -0.4 is 5.32 Å². The first-order valence-electron chi connectivity index (χ1n) is 4.83. The highest BCUT2D eigenvalue weighted by molar-refractivity contribution is 6.06. The van der Waals surface area contributed by atoms with Crippen molar-refractivity contribution >= 4 is 17.6 Å². The first kappa shape index (κ1) is 11.8. The van der Waals surface area contributed by atoms with Crippen molar-refractivity contribution in [3.63, 3.8) is 0 Å². The number of hydrogen-bond acceptors (Lipinski definition) is 4. The van der Waals surface area contributed by atoms with E-state index in [1.807, 2.05) is 0 Å². The summed E-state index contributed by atoms with van der Waals surface area (Å²) in [5, 5.41) is 14.5. The van der Waals surface area contributed by atoms with Gasteiger partial charge in [-0.2, -0.15) is 0 Å². The topological polar surface area (TPSA) is 92.4 Å². The van der Waals surface area contributed by atoms with E-state index >= 15 is 0 Å². The number of carbonyl (C=O) groups excluding carboxylic acids is 1. The molecule has 6 nitrogen and oxygen atoms in total. The number of benzene rings is 1. The van der Waals surface area contributed by atoms with Crippen molar-refractivity contribution in [2.45, 2.75) is 0 Å². The molecule has 0 radical (unpaired) electrons. The molecule has 7 heteroatoms. The molecule has 0 saturated heterocycles. The van der Waals surface area contributed by atoms with E-state index in [-0.39, 0.29) is 17.0 Å². The maximum Gasteiger partial charge on any atom is 0.337 e. The number of nitrogens with zero attached hydrogens (tertiary/aromatic N) is 1. The van der Waals surface area contributed by atoms with E-state index < -0.39 is 17.7 Å². The Hall–Kier alpha value is -2.70. The number of aromatic nitrogens is 1. The minimum atomic E-state index is -1.28. The van der Waals surface area contributed by atoms with Gasteiger partial charge in [-0.1, -0.05) is 5.16 Å². The maximum atomic E-state index is 13.0. The van der Waals surface area contributed by atoms with Crippen molar-refractivity contribution in [1.82, 2.24) is 5.16 Å². The monoisotopic (exact) mass is 250 g/mol. The smallest absolute Gasteiger partial charge is 0.337 e. The van der Waals surface area contributed by atoms with Crippen LogP contribution in [0.25, 0.3) is 0 Å². The number of carboxylic acid groups (broad SMARTS) is 1. The van der Waals surface area contributed by atoms with Crippen LogP contribution in [-0.4, -0.2) is 22.1 Å². The van der Waals surface area contributed by atoms with Crippen molar-refractivity contribution in [2.24, 2.45) is 0 Å². The quantitative estimate of drug-likeness (QED) is 0.865. The Labute approximate surface area is 100 Å². The molecule has 2 N–H and O–H groups in total. The van der Waals surface area contributed by atoms with Crippen LogP contribution in [0.2, 0.25) is 0 Å². The summed E-state index contributed by atoms with van der Waals surface area (Å²) < 4.78 is 17.6. The Bertz CT molecular complexity index is 595. The van der Waals surface area contributed by atoms with Crippen molar-refractivity contribution in [1.29, 1.82) is 0 Å². The summed E-state index contributed by atoms with van der Waals surface area (Å²) in [6.07, 6.45) is 1.26. The maximum absolute atomic E-state index is 13.0. The first-order valence-corrected chi connectivity index (χ1v) is 4.83. The molecule has 1 heterocycles. The number of hydrogen-bond donors (Lipinski definition) is 2. The fraction of sp³-hybridized carbons (Fsp3) is 0. The molecule has 0 unspecified atom stereocenters. The van der Waals surface area contributed by atoms with Crippen LogP contribution >= 0.6 is 0 Å². The number of amides is 1. The highest BCUT2D eigenvalue weighted by Crippen LogP contribution is 2.18. The third kappa shape index (κ3) is 2.34.